The van der Waals surface area contributed by atoms with Gasteiger partial charge in [0.15, 0.2) is 0 Å². The van der Waals surface area contributed by atoms with E-state index in [1.807, 2.05) is 36.4 Å². The minimum absolute atomic E-state index is 0.0526. The first-order valence-corrected chi connectivity index (χ1v) is 18.9. The van der Waals surface area contributed by atoms with Gasteiger partial charge in [-0.05, 0) is 110 Å². The molecule has 2 aliphatic rings. The maximum absolute atomic E-state index is 10.2. The number of hydrogen-bond acceptors (Lipinski definition) is 9. The highest BCUT2D eigenvalue weighted by atomic mass is 35.5. The standard InChI is InChI=1S/C41H49Cl2N3O6/c1-24-28(22-51-40-33(42)19-27(38(45-40)49-3)18-17-26-9-7-15-36(26)47)10-5-12-31(24)32-13-6-11-29(25(32)2)23-52-41-34(43)20-30(39(46-41)50-4)21-44-35-14-8-16-37(35)48/h5-6,10-13,19-20,26,35-37,44,47-48H,7-9,14-18,21-23H2,1-4H3/t26-,35+,36-,37-/m1/s1. The summed E-state index contributed by atoms with van der Waals surface area (Å²) in [5.74, 6) is 1.85. The van der Waals surface area contributed by atoms with Crippen LogP contribution in [0, 0.1) is 19.8 Å². The van der Waals surface area contributed by atoms with E-state index in [1.165, 1.54) is 0 Å². The van der Waals surface area contributed by atoms with Gasteiger partial charge in [0.05, 0.1) is 26.4 Å². The van der Waals surface area contributed by atoms with Gasteiger partial charge >= 0.3 is 0 Å². The average molecular weight is 751 g/mol. The fraction of sp³-hybridized carbons (Fsp3) is 0.463. The van der Waals surface area contributed by atoms with Crippen molar-refractivity contribution in [3.8, 4) is 34.6 Å². The molecule has 6 rings (SSSR count). The van der Waals surface area contributed by atoms with Crippen molar-refractivity contribution in [1.29, 1.82) is 0 Å². The molecule has 0 unspecified atom stereocenters. The molecule has 11 heteroatoms. The van der Waals surface area contributed by atoms with E-state index in [0.717, 1.165) is 95.9 Å². The van der Waals surface area contributed by atoms with Gasteiger partial charge in [-0.3, -0.25) is 0 Å². The van der Waals surface area contributed by atoms with Crippen LogP contribution < -0.4 is 24.3 Å². The smallest absolute Gasteiger partial charge is 0.236 e. The first-order chi connectivity index (χ1) is 25.2. The van der Waals surface area contributed by atoms with Gasteiger partial charge in [0.25, 0.3) is 0 Å². The SMILES string of the molecule is COc1nc(OCc2cccc(-c3cccc(COc4nc(OC)c(CN[C@H]5CCC[C@H]5O)cc4Cl)c3C)c2C)c(Cl)cc1CC[C@H]1CCC[C@H]1O. The van der Waals surface area contributed by atoms with Crippen molar-refractivity contribution in [1.82, 2.24) is 15.3 Å². The van der Waals surface area contributed by atoms with Crippen LogP contribution in [0.1, 0.15) is 78.3 Å². The van der Waals surface area contributed by atoms with Gasteiger partial charge in [0, 0.05) is 23.7 Å². The van der Waals surface area contributed by atoms with Crippen molar-refractivity contribution in [2.24, 2.45) is 5.92 Å². The van der Waals surface area contributed by atoms with Crippen LogP contribution in [0.3, 0.4) is 0 Å². The molecule has 278 valence electrons. The summed E-state index contributed by atoms with van der Waals surface area (Å²) in [6.45, 7) is 5.21. The zero-order chi connectivity index (χ0) is 36.8. The maximum atomic E-state index is 10.2. The number of nitrogens with one attached hydrogen (secondary N) is 1. The Balaban J connectivity index is 1.12. The summed E-state index contributed by atoms with van der Waals surface area (Å²) in [5, 5.41) is 24.7. The summed E-state index contributed by atoms with van der Waals surface area (Å²) in [6, 6.07) is 16.1. The lowest BCUT2D eigenvalue weighted by Crippen LogP contribution is -2.35. The van der Waals surface area contributed by atoms with Crippen LogP contribution in [0.2, 0.25) is 10.0 Å². The Hall–Kier alpha value is -3.60. The maximum Gasteiger partial charge on any atom is 0.236 e. The number of pyridine rings is 2. The molecule has 2 aromatic heterocycles. The van der Waals surface area contributed by atoms with E-state index >= 15 is 0 Å². The molecule has 52 heavy (non-hydrogen) atoms. The first-order valence-electron chi connectivity index (χ1n) is 18.2. The monoisotopic (exact) mass is 749 g/mol. The Morgan fingerprint density at radius 2 is 1.23 bits per heavy atom. The number of aliphatic hydroxyl groups is 2. The number of halogens is 2. The predicted octanol–water partition coefficient (Wildman–Crippen LogP) is 8.34. The number of hydrogen-bond donors (Lipinski definition) is 3. The van der Waals surface area contributed by atoms with E-state index in [4.69, 9.17) is 42.1 Å². The molecule has 0 amide bonds. The molecular formula is C41H49Cl2N3O6. The van der Waals surface area contributed by atoms with Gasteiger partial charge in [0.2, 0.25) is 23.5 Å². The predicted molar refractivity (Wildman–Crippen MR) is 204 cm³/mol. The van der Waals surface area contributed by atoms with E-state index < -0.39 is 0 Å². The largest absolute Gasteiger partial charge is 0.481 e. The number of benzene rings is 2. The Labute approximate surface area is 316 Å². The number of aromatic nitrogens is 2. The average Bonchev–Trinajstić information content (AvgIpc) is 3.76. The van der Waals surface area contributed by atoms with Crippen molar-refractivity contribution in [3.63, 3.8) is 0 Å². The molecule has 0 saturated heterocycles. The third-order valence-electron chi connectivity index (χ3n) is 10.7. The number of aliphatic hydroxyl groups excluding tert-OH is 2. The molecule has 2 fully saturated rings. The second kappa shape index (κ2) is 17.5. The molecule has 0 bridgehead atoms. The number of rotatable bonds is 15. The van der Waals surface area contributed by atoms with E-state index in [-0.39, 0.29) is 31.5 Å². The van der Waals surface area contributed by atoms with Gasteiger partial charge in [0.1, 0.15) is 23.3 Å². The number of ether oxygens (including phenoxy) is 4. The van der Waals surface area contributed by atoms with Crippen molar-refractivity contribution in [3.05, 3.63) is 92.0 Å². The lowest BCUT2D eigenvalue weighted by Gasteiger charge is -2.19. The minimum Gasteiger partial charge on any atom is -0.481 e. The number of aryl methyl sites for hydroxylation is 1. The summed E-state index contributed by atoms with van der Waals surface area (Å²) < 4.78 is 23.5. The molecule has 2 aliphatic carbocycles. The molecule has 2 aromatic carbocycles. The molecule has 3 N–H and O–H groups in total. The van der Waals surface area contributed by atoms with Crippen LogP contribution in [0.4, 0.5) is 0 Å². The molecule has 2 saturated carbocycles. The van der Waals surface area contributed by atoms with Crippen LogP contribution in [0.15, 0.2) is 48.5 Å². The van der Waals surface area contributed by atoms with Crippen LogP contribution in [-0.4, -0.2) is 52.7 Å². The third kappa shape index (κ3) is 8.77. The van der Waals surface area contributed by atoms with Crippen molar-refractivity contribution in [2.45, 2.75) is 103 Å². The minimum atomic E-state index is -0.339. The highest BCUT2D eigenvalue weighted by molar-refractivity contribution is 6.32. The quantitative estimate of drug-likeness (QED) is 0.110. The third-order valence-corrected chi connectivity index (χ3v) is 11.2. The fourth-order valence-electron chi connectivity index (χ4n) is 7.52. The topological polar surface area (TPSA) is 115 Å². The molecule has 0 radical (unpaired) electrons. The van der Waals surface area contributed by atoms with Crippen LogP contribution in [0.5, 0.6) is 23.5 Å². The fourth-order valence-corrected chi connectivity index (χ4v) is 7.98. The second-order valence-electron chi connectivity index (χ2n) is 13.9. The molecule has 2 heterocycles. The van der Waals surface area contributed by atoms with Gasteiger partial charge in [-0.15, -0.1) is 0 Å². The highest BCUT2D eigenvalue weighted by Gasteiger charge is 2.27. The molecule has 4 aromatic rings. The molecule has 0 aliphatic heterocycles. The Morgan fingerprint density at radius 3 is 1.75 bits per heavy atom. The lowest BCUT2D eigenvalue weighted by atomic mass is 9.92. The number of nitrogens with zero attached hydrogens (tertiary/aromatic N) is 2. The van der Waals surface area contributed by atoms with E-state index in [2.05, 4.69) is 41.3 Å². The number of methoxy groups -OCH3 is 2. The summed E-state index contributed by atoms with van der Waals surface area (Å²) in [4.78, 5) is 9.19. The van der Waals surface area contributed by atoms with E-state index in [1.54, 1.807) is 14.2 Å². The van der Waals surface area contributed by atoms with E-state index in [0.29, 0.717) is 46.0 Å². The molecule has 0 spiro atoms. The van der Waals surface area contributed by atoms with Crippen molar-refractivity contribution in [2.75, 3.05) is 14.2 Å². The summed E-state index contributed by atoms with van der Waals surface area (Å²) in [7, 11) is 3.18. The Bertz CT molecular complexity index is 1720. The zero-order valence-corrected chi connectivity index (χ0v) is 31.9. The Morgan fingerprint density at radius 1 is 0.692 bits per heavy atom. The molecule has 9 nitrogen and oxygen atoms in total. The summed E-state index contributed by atoms with van der Waals surface area (Å²) in [5.41, 5.74) is 8.07. The normalized spacial score (nSPS) is 19.9. The zero-order valence-electron chi connectivity index (χ0n) is 30.4. The van der Waals surface area contributed by atoms with Gasteiger partial charge in [-0.25, -0.2) is 0 Å². The van der Waals surface area contributed by atoms with Gasteiger partial charge in [-0.2, -0.15) is 9.97 Å². The second-order valence-corrected chi connectivity index (χ2v) is 14.7. The summed E-state index contributed by atoms with van der Waals surface area (Å²) >= 11 is 13.3. The lowest BCUT2D eigenvalue weighted by molar-refractivity contribution is 0.128. The van der Waals surface area contributed by atoms with Crippen LogP contribution >= 0.6 is 23.2 Å². The van der Waals surface area contributed by atoms with Gasteiger partial charge in [-0.1, -0.05) is 66.0 Å². The van der Waals surface area contributed by atoms with Crippen LogP contribution in [0.25, 0.3) is 11.1 Å². The molecular weight excluding hydrogens is 701 g/mol. The summed E-state index contributed by atoms with van der Waals surface area (Å²) in [6.07, 6.45) is 6.78. The van der Waals surface area contributed by atoms with Crippen molar-refractivity contribution >= 4 is 23.2 Å². The highest BCUT2D eigenvalue weighted by Crippen LogP contribution is 2.36. The van der Waals surface area contributed by atoms with E-state index in [9.17, 15) is 10.2 Å². The molecule has 4 atom stereocenters. The Kier molecular flexibility index (Phi) is 12.8. The van der Waals surface area contributed by atoms with Crippen LogP contribution in [-0.2, 0) is 26.2 Å². The van der Waals surface area contributed by atoms with Gasteiger partial charge < -0.3 is 34.5 Å². The van der Waals surface area contributed by atoms with Crippen molar-refractivity contribution < 1.29 is 29.2 Å². The first kappa shape index (κ1) is 38.1.